The van der Waals surface area contributed by atoms with Crippen LogP contribution in [-0.4, -0.2) is 9.97 Å². The lowest BCUT2D eigenvalue weighted by molar-refractivity contribution is 0.953. The van der Waals surface area contributed by atoms with Gasteiger partial charge < -0.3 is 0 Å². The third-order valence-corrected chi connectivity index (χ3v) is 1.91. The van der Waals surface area contributed by atoms with Crippen molar-refractivity contribution in [3.63, 3.8) is 0 Å². The molecule has 0 aliphatic heterocycles. The normalized spacial score (nSPS) is 20.2. The van der Waals surface area contributed by atoms with Gasteiger partial charge in [-0.1, -0.05) is 25.2 Å². The lowest BCUT2D eigenvalue weighted by Crippen LogP contribution is -1.86. The van der Waals surface area contributed by atoms with Crippen molar-refractivity contribution in [3.05, 3.63) is 35.9 Å². The van der Waals surface area contributed by atoms with Crippen LogP contribution < -0.4 is 0 Å². The van der Waals surface area contributed by atoms with Gasteiger partial charge in [0.25, 0.3) is 0 Å². The quantitative estimate of drug-likeness (QED) is 0.578. The van der Waals surface area contributed by atoms with Crippen LogP contribution in [0.4, 0.5) is 0 Å². The lowest BCUT2D eigenvalue weighted by Gasteiger charge is -1.94. The molecule has 60 valence electrons. The van der Waals surface area contributed by atoms with Crippen molar-refractivity contribution in [2.24, 2.45) is 5.92 Å². The van der Waals surface area contributed by atoms with Crippen molar-refractivity contribution < 1.29 is 0 Å². The van der Waals surface area contributed by atoms with Gasteiger partial charge in [0.1, 0.15) is 6.33 Å². The second-order valence-electron chi connectivity index (χ2n) is 2.94. The Balaban J connectivity index is 2.52. The Bertz CT molecular complexity index is 306. The summed E-state index contributed by atoms with van der Waals surface area (Å²) in [4.78, 5) is 8.13. The minimum Gasteiger partial charge on any atom is -0.244 e. The van der Waals surface area contributed by atoms with E-state index in [1.54, 1.807) is 6.33 Å². The van der Waals surface area contributed by atoms with E-state index in [1.807, 2.05) is 12.3 Å². The molecule has 1 unspecified atom stereocenters. The third-order valence-electron chi connectivity index (χ3n) is 1.91. The van der Waals surface area contributed by atoms with Crippen molar-refractivity contribution >= 4 is 12.2 Å². The first kappa shape index (κ1) is 7.22. The van der Waals surface area contributed by atoms with Crippen molar-refractivity contribution in [2.45, 2.75) is 6.92 Å². The molecular weight excluding hydrogens is 148 g/mol. The molecule has 0 N–H and O–H groups in total. The molecule has 2 heteroatoms. The van der Waals surface area contributed by atoms with Crippen molar-refractivity contribution in [1.82, 2.24) is 9.97 Å². The van der Waals surface area contributed by atoms with Gasteiger partial charge in [-0.2, -0.15) is 0 Å². The molecule has 12 heavy (non-hydrogen) atoms. The van der Waals surface area contributed by atoms with Gasteiger partial charge in [-0.05, 0) is 12.0 Å². The van der Waals surface area contributed by atoms with E-state index < -0.39 is 0 Å². The average molecular weight is 158 g/mol. The molecule has 0 spiro atoms. The van der Waals surface area contributed by atoms with Gasteiger partial charge in [0.2, 0.25) is 0 Å². The second kappa shape index (κ2) is 2.89. The van der Waals surface area contributed by atoms with Crippen molar-refractivity contribution in [1.29, 1.82) is 0 Å². The second-order valence-corrected chi connectivity index (χ2v) is 2.94. The molecule has 2 rings (SSSR count). The molecule has 0 bridgehead atoms. The number of allylic oxidation sites excluding steroid dienone is 2. The maximum absolute atomic E-state index is 4.16. The Kier molecular flexibility index (Phi) is 1.74. The summed E-state index contributed by atoms with van der Waals surface area (Å²) in [5, 5.41) is 0. The summed E-state index contributed by atoms with van der Waals surface area (Å²) in [6.07, 6.45) is 11.8. The number of aromatic nitrogens is 2. The Labute approximate surface area is 71.7 Å². The van der Waals surface area contributed by atoms with E-state index in [1.165, 1.54) is 0 Å². The van der Waals surface area contributed by atoms with Gasteiger partial charge in [-0.3, -0.25) is 0 Å². The van der Waals surface area contributed by atoms with Gasteiger partial charge in [-0.25, -0.2) is 9.97 Å². The maximum atomic E-state index is 4.16. The molecule has 2 nitrogen and oxygen atoms in total. The molecule has 0 radical (unpaired) electrons. The van der Waals surface area contributed by atoms with Gasteiger partial charge in [0, 0.05) is 11.8 Å². The summed E-state index contributed by atoms with van der Waals surface area (Å²) < 4.78 is 0. The summed E-state index contributed by atoms with van der Waals surface area (Å²) in [6.45, 7) is 2.15. The standard InChI is InChI=1S/C10H10N2/c1-8-2-4-9-6-11-7-12-10(9)5-3-8/h2-8H,1H3. The molecule has 0 saturated carbocycles. The summed E-state index contributed by atoms with van der Waals surface area (Å²) in [5.74, 6) is 0.485. The van der Waals surface area contributed by atoms with E-state index in [4.69, 9.17) is 0 Å². The van der Waals surface area contributed by atoms with Gasteiger partial charge in [0.05, 0.1) is 5.69 Å². The van der Waals surface area contributed by atoms with Gasteiger partial charge in [-0.15, -0.1) is 0 Å². The zero-order valence-electron chi connectivity index (χ0n) is 6.94. The van der Waals surface area contributed by atoms with E-state index in [2.05, 4.69) is 35.1 Å². The highest BCUT2D eigenvalue weighted by Crippen LogP contribution is 2.15. The van der Waals surface area contributed by atoms with Crippen LogP contribution >= 0.6 is 0 Å². The number of hydrogen-bond acceptors (Lipinski definition) is 2. The Morgan fingerprint density at radius 1 is 1.25 bits per heavy atom. The predicted octanol–water partition coefficient (Wildman–Crippen LogP) is 2.15. The summed E-state index contributed by atoms with van der Waals surface area (Å²) in [5.41, 5.74) is 2.10. The summed E-state index contributed by atoms with van der Waals surface area (Å²) in [6, 6.07) is 0. The lowest BCUT2D eigenvalue weighted by atomic mass is 10.2. The van der Waals surface area contributed by atoms with Crippen LogP contribution in [0.1, 0.15) is 18.2 Å². The van der Waals surface area contributed by atoms with Crippen LogP contribution in [0.2, 0.25) is 0 Å². The van der Waals surface area contributed by atoms with Crippen LogP contribution in [0, 0.1) is 5.92 Å². The Morgan fingerprint density at radius 3 is 3.00 bits per heavy atom. The van der Waals surface area contributed by atoms with E-state index in [9.17, 15) is 0 Å². The monoisotopic (exact) mass is 158 g/mol. The molecule has 1 aromatic heterocycles. The smallest absolute Gasteiger partial charge is 0.116 e. The summed E-state index contributed by atoms with van der Waals surface area (Å²) in [7, 11) is 0. The first-order chi connectivity index (χ1) is 5.86. The number of hydrogen-bond donors (Lipinski definition) is 0. The number of nitrogens with zero attached hydrogens (tertiary/aromatic N) is 2. The Hall–Kier alpha value is -1.44. The molecule has 1 aliphatic carbocycles. The fourth-order valence-electron chi connectivity index (χ4n) is 1.18. The first-order valence-corrected chi connectivity index (χ1v) is 4.02. The van der Waals surface area contributed by atoms with Gasteiger partial charge >= 0.3 is 0 Å². The molecular formula is C10H10N2. The highest BCUT2D eigenvalue weighted by molar-refractivity contribution is 5.64. The fourth-order valence-corrected chi connectivity index (χ4v) is 1.18. The zero-order valence-corrected chi connectivity index (χ0v) is 6.94. The highest BCUT2D eigenvalue weighted by Gasteiger charge is 2.01. The maximum Gasteiger partial charge on any atom is 0.116 e. The largest absolute Gasteiger partial charge is 0.244 e. The topological polar surface area (TPSA) is 25.8 Å². The third kappa shape index (κ3) is 1.28. The molecule has 1 aliphatic rings. The van der Waals surface area contributed by atoms with Crippen molar-refractivity contribution in [2.75, 3.05) is 0 Å². The highest BCUT2D eigenvalue weighted by atomic mass is 14.8. The van der Waals surface area contributed by atoms with Crippen LogP contribution in [0.5, 0.6) is 0 Å². The molecule has 0 aromatic carbocycles. The SMILES string of the molecule is CC1C=Cc2cncnc2C=C1. The van der Waals surface area contributed by atoms with Crippen LogP contribution in [0.3, 0.4) is 0 Å². The van der Waals surface area contributed by atoms with Crippen molar-refractivity contribution in [3.8, 4) is 0 Å². The molecule has 0 amide bonds. The molecule has 1 heterocycles. The van der Waals surface area contributed by atoms with Gasteiger partial charge in [0.15, 0.2) is 0 Å². The zero-order chi connectivity index (χ0) is 8.39. The predicted molar refractivity (Wildman–Crippen MR) is 49.3 cm³/mol. The minimum atomic E-state index is 0.485. The molecule has 0 fully saturated rings. The van der Waals surface area contributed by atoms with Crippen LogP contribution in [-0.2, 0) is 0 Å². The average Bonchev–Trinajstić information content (AvgIpc) is 2.29. The first-order valence-electron chi connectivity index (χ1n) is 4.02. The van der Waals surface area contributed by atoms with Crippen LogP contribution in [0.15, 0.2) is 24.7 Å². The minimum absolute atomic E-state index is 0.485. The number of fused-ring (bicyclic) bond motifs is 1. The molecule has 0 saturated heterocycles. The van der Waals surface area contributed by atoms with E-state index in [0.717, 1.165) is 11.3 Å². The van der Waals surface area contributed by atoms with E-state index in [-0.39, 0.29) is 0 Å². The summed E-state index contributed by atoms with van der Waals surface area (Å²) >= 11 is 0. The number of rotatable bonds is 0. The molecule has 1 atom stereocenters. The fraction of sp³-hybridized carbons (Fsp3) is 0.200. The van der Waals surface area contributed by atoms with Crippen LogP contribution in [0.25, 0.3) is 12.2 Å². The Morgan fingerprint density at radius 2 is 2.08 bits per heavy atom. The van der Waals surface area contributed by atoms with E-state index in [0.29, 0.717) is 5.92 Å². The van der Waals surface area contributed by atoms with E-state index >= 15 is 0 Å². The molecule has 1 aromatic rings.